The van der Waals surface area contributed by atoms with Gasteiger partial charge in [0.25, 0.3) is 0 Å². The topological polar surface area (TPSA) is 75.9 Å². The van der Waals surface area contributed by atoms with E-state index in [2.05, 4.69) is 25.3 Å². The molecule has 3 aromatic rings. The largest absolute Gasteiger partial charge is 0.356 e. The third-order valence-corrected chi connectivity index (χ3v) is 5.55. The second-order valence-electron chi connectivity index (χ2n) is 7.51. The lowest BCUT2D eigenvalue weighted by Gasteiger charge is -2.33. The molecule has 0 saturated carbocycles. The van der Waals surface area contributed by atoms with E-state index in [0.29, 0.717) is 28.1 Å². The second-order valence-corrected chi connectivity index (χ2v) is 8.38. The fourth-order valence-electron chi connectivity index (χ4n) is 3.76. The zero-order chi connectivity index (χ0) is 21.3. The van der Waals surface area contributed by atoms with Crippen LogP contribution in [0.3, 0.4) is 0 Å². The molecule has 1 unspecified atom stereocenters. The fourth-order valence-corrected chi connectivity index (χ4v) is 4.28. The molecule has 9 heteroatoms. The van der Waals surface area contributed by atoms with E-state index in [1.807, 2.05) is 26.0 Å². The van der Waals surface area contributed by atoms with Gasteiger partial charge in [0, 0.05) is 40.6 Å². The molecule has 3 heterocycles. The van der Waals surface area contributed by atoms with Crippen molar-refractivity contribution in [2.24, 2.45) is 5.92 Å². The number of amides is 1. The van der Waals surface area contributed by atoms with Crippen LogP contribution in [0.5, 0.6) is 0 Å². The van der Waals surface area contributed by atoms with Crippen molar-refractivity contribution >= 4 is 40.6 Å². The molecule has 1 amide bonds. The van der Waals surface area contributed by atoms with Gasteiger partial charge in [-0.1, -0.05) is 23.2 Å². The molecule has 1 aliphatic rings. The van der Waals surface area contributed by atoms with Crippen molar-refractivity contribution in [3.8, 4) is 5.82 Å². The van der Waals surface area contributed by atoms with Gasteiger partial charge in [-0.2, -0.15) is 5.10 Å². The molecule has 1 saturated heterocycles. The van der Waals surface area contributed by atoms with Crippen LogP contribution >= 0.6 is 23.2 Å². The molecule has 0 aliphatic carbocycles. The molecule has 0 radical (unpaired) electrons. The molecule has 1 N–H and O–H groups in total. The first-order valence-electron chi connectivity index (χ1n) is 9.76. The molecule has 156 valence electrons. The predicted molar refractivity (Wildman–Crippen MR) is 119 cm³/mol. The number of halogens is 2. The van der Waals surface area contributed by atoms with Crippen LogP contribution in [0.4, 0.5) is 11.5 Å². The van der Waals surface area contributed by atoms with Gasteiger partial charge in [-0.15, -0.1) is 0 Å². The van der Waals surface area contributed by atoms with Crippen LogP contribution in [0.15, 0.2) is 36.7 Å². The van der Waals surface area contributed by atoms with Gasteiger partial charge in [0.15, 0.2) is 5.82 Å². The summed E-state index contributed by atoms with van der Waals surface area (Å²) in [4.78, 5) is 23.7. The van der Waals surface area contributed by atoms with Gasteiger partial charge < -0.3 is 10.2 Å². The summed E-state index contributed by atoms with van der Waals surface area (Å²) in [5.41, 5.74) is 2.54. The molecule has 7 nitrogen and oxygen atoms in total. The molecular weight excluding hydrogens is 423 g/mol. The number of benzene rings is 1. The Hall–Kier alpha value is -2.64. The summed E-state index contributed by atoms with van der Waals surface area (Å²) in [5.74, 6) is 1.29. The summed E-state index contributed by atoms with van der Waals surface area (Å²) in [7, 11) is 0. The lowest BCUT2D eigenvalue weighted by atomic mass is 9.97. The number of hydrogen-bond acceptors (Lipinski definition) is 5. The highest BCUT2D eigenvalue weighted by molar-refractivity contribution is 6.35. The van der Waals surface area contributed by atoms with E-state index in [0.717, 1.165) is 36.6 Å². The summed E-state index contributed by atoms with van der Waals surface area (Å²) in [6.07, 6.45) is 3.25. The number of hydrogen-bond donors (Lipinski definition) is 1. The minimum Gasteiger partial charge on any atom is -0.356 e. The number of aryl methyl sites for hydroxylation is 2. The van der Waals surface area contributed by atoms with E-state index in [9.17, 15) is 4.79 Å². The Balaban J connectivity index is 1.49. The van der Waals surface area contributed by atoms with Crippen LogP contribution in [0, 0.1) is 19.8 Å². The van der Waals surface area contributed by atoms with Crippen molar-refractivity contribution in [3.63, 3.8) is 0 Å². The number of carbonyl (C=O) groups excluding carboxylic acids is 1. The van der Waals surface area contributed by atoms with E-state index in [4.69, 9.17) is 23.2 Å². The zero-order valence-corrected chi connectivity index (χ0v) is 18.3. The van der Waals surface area contributed by atoms with E-state index in [-0.39, 0.29) is 11.8 Å². The van der Waals surface area contributed by atoms with Gasteiger partial charge in [0.05, 0.1) is 11.6 Å². The van der Waals surface area contributed by atoms with Gasteiger partial charge in [0.2, 0.25) is 5.91 Å². The Kier molecular flexibility index (Phi) is 5.92. The van der Waals surface area contributed by atoms with Crippen LogP contribution in [0.25, 0.3) is 5.82 Å². The number of carbonyl (C=O) groups is 1. The smallest absolute Gasteiger partial charge is 0.229 e. The highest BCUT2D eigenvalue weighted by Gasteiger charge is 2.27. The van der Waals surface area contributed by atoms with Gasteiger partial charge in [-0.3, -0.25) is 4.79 Å². The minimum atomic E-state index is -0.163. The van der Waals surface area contributed by atoms with Crippen LogP contribution in [-0.4, -0.2) is 38.7 Å². The van der Waals surface area contributed by atoms with E-state index in [1.54, 1.807) is 29.2 Å². The third kappa shape index (κ3) is 4.57. The molecule has 30 heavy (non-hydrogen) atoms. The third-order valence-electron chi connectivity index (χ3n) is 5.11. The Morgan fingerprint density at radius 3 is 2.50 bits per heavy atom. The second kappa shape index (κ2) is 8.62. The lowest BCUT2D eigenvalue weighted by Crippen LogP contribution is -2.41. The summed E-state index contributed by atoms with van der Waals surface area (Å²) in [6.45, 7) is 5.35. The van der Waals surface area contributed by atoms with E-state index in [1.165, 1.54) is 0 Å². The number of piperidine rings is 1. The van der Waals surface area contributed by atoms with Crippen molar-refractivity contribution in [1.29, 1.82) is 0 Å². The number of nitrogens with zero attached hydrogens (tertiary/aromatic N) is 5. The first kappa shape index (κ1) is 20.6. The standard InChI is InChI=1S/C21H22Cl2N6O/c1-13-6-14(2)29(27-13)20-10-19(24-12-25-20)28-5-3-4-15(11-28)21(30)26-18-8-16(22)7-17(23)9-18/h6-10,12,15H,3-5,11H2,1-2H3,(H,26,30). The maximum absolute atomic E-state index is 12.8. The maximum atomic E-state index is 12.8. The highest BCUT2D eigenvalue weighted by atomic mass is 35.5. The summed E-state index contributed by atoms with van der Waals surface area (Å²) < 4.78 is 1.80. The number of nitrogens with one attached hydrogen (secondary N) is 1. The summed E-state index contributed by atoms with van der Waals surface area (Å²) in [5, 5.41) is 8.40. The molecule has 1 atom stereocenters. The van der Waals surface area contributed by atoms with Gasteiger partial charge in [-0.05, 0) is 51.0 Å². The van der Waals surface area contributed by atoms with Crippen molar-refractivity contribution in [2.75, 3.05) is 23.3 Å². The van der Waals surface area contributed by atoms with E-state index >= 15 is 0 Å². The first-order valence-corrected chi connectivity index (χ1v) is 10.5. The van der Waals surface area contributed by atoms with Gasteiger partial charge >= 0.3 is 0 Å². The molecule has 1 fully saturated rings. The number of aromatic nitrogens is 4. The molecule has 0 spiro atoms. The zero-order valence-electron chi connectivity index (χ0n) is 16.8. The van der Waals surface area contributed by atoms with Crippen molar-refractivity contribution < 1.29 is 4.79 Å². The molecule has 1 aromatic carbocycles. The molecule has 1 aliphatic heterocycles. The number of rotatable bonds is 4. The van der Waals surface area contributed by atoms with Crippen LogP contribution in [0.2, 0.25) is 10.0 Å². The normalized spacial score (nSPS) is 16.5. The van der Waals surface area contributed by atoms with Crippen molar-refractivity contribution in [3.05, 3.63) is 58.1 Å². The Morgan fingerprint density at radius 2 is 1.80 bits per heavy atom. The molecule has 0 bridgehead atoms. The fraction of sp³-hybridized carbons (Fsp3) is 0.333. The summed E-state index contributed by atoms with van der Waals surface area (Å²) in [6, 6.07) is 8.94. The quantitative estimate of drug-likeness (QED) is 0.643. The monoisotopic (exact) mass is 444 g/mol. The van der Waals surface area contributed by atoms with Crippen LogP contribution < -0.4 is 10.2 Å². The average Bonchev–Trinajstić information content (AvgIpc) is 3.05. The average molecular weight is 445 g/mol. The Morgan fingerprint density at radius 1 is 1.07 bits per heavy atom. The first-order chi connectivity index (χ1) is 14.4. The molecule has 2 aromatic heterocycles. The van der Waals surface area contributed by atoms with Gasteiger partial charge in [-0.25, -0.2) is 14.6 Å². The van der Waals surface area contributed by atoms with Crippen molar-refractivity contribution in [2.45, 2.75) is 26.7 Å². The predicted octanol–water partition coefficient (Wildman–Crippen LogP) is 4.44. The maximum Gasteiger partial charge on any atom is 0.229 e. The SMILES string of the molecule is Cc1cc(C)n(-c2cc(N3CCCC(C(=O)Nc4cc(Cl)cc(Cl)c4)C3)ncn2)n1. The van der Waals surface area contributed by atoms with Crippen LogP contribution in [-0.2, 0) is 4.79 Å². The molecular formula is C21H22Cl2N6O. The highest BCUT2D eigenvalue weighted by Crippen LogP contribution is 2.26. The summed E-state index contributed by atoms with van der Waals surface area (Å²) >= 11 is 12.1. The van der Waals surface area contributed by atoms with E-state index < -0.39 is 0 Å². The Bertz CT molecular complexity index is 1060. The number of anilines is 2. The minimum absolute atomic E-state index is 0.0501. The van der Waals surface area contributed by atoms with Crippen LogP contribution in [0.1, 0.15) is 24.2 Å². The molecule has 4 rings (SSSR count). The lowest BCUT2D eigenvalue weighted by molar-refractivity contribution is -0.120. The Labute approximate surface area is 185 Å². The van der Waals surface area contributed by atoms with Gasteiger partial charge in [0.1, 0.15) is 12.1 Å². The van der Waals surface area contributed by atoms with Crippen molar-refractivity contribution in [1.82, 2.24) is 19.7 Å².